The third-order valence-electron chi connectivity index (χ3n) is 4.86. The van der Waals surface area contributed by atoms with Gasteiger partial charge in [0.25, 0.3) is 0 Å². The summed E-state index contributed by atoms with van der Waals surface area (Å²) in [5.41, 5.74) is 2.57. The third kappa shape index (κ3) is 5.41. The molecule has 0 aliphatic carbocycles. The van der Waals surface area contributed by atoms with E-state index in [1.165, 1.54) is 88.9 Å². The largest absolute Gasteiger partial charge is 0.303 e. The highest BCUT2D eigenvalue weighted by molar-refractivity contribution is 5.25. The quantitative estimate of drug-likeness (QED) is 0.652. The van der Waals surface area contributed by atoms with Gasteiger partial charge in [0.05, 0.1) is 0 Å². The Morgan fingerprint density at radius 3 is 1.30 bits per heavy atom. The smallest absolute Gasteiger partial charge is 0.00217 e. The van der Waals surface area contributed by atoms with E-state index in [-0.39, 0.29) is 0 Å². The fraction of sp³-hybridized carbons (Fsp3) is 0.778. The Labute approximate surface area is 125 Å². The van der Waals surface area contributed by atoms with Gasteiger partial charge in [0, 0.05) is 13.1 Å². The molecule has 2 saturated heterocycles. The molecule has 0 amide bonds. The average Bonchev–Trinajstić information content (AvgIpc) is 2.52. The lowest BCUT2D eigenvalue weighted by atomic mass is 10.0. The Hall–Kier alpha value is -0.600. The Balaban J connectivity index is 1.59. The first-order valence-corrected chi connectivity index (χ1v) is 8.56. The summed E-state index contributed by atoms with van der Waals surface area (Å²) < 4.78 is 0. The van der Waals surface area contributed by atoms with E-state index in [2.05, 4.69) is 23.0 Å². The molecule has 0 unspecified atom stereocenters. The number of nitrogens with zero attached hydrogens (tertiary/aromatic N) is 2. The molecule has 0 radical (unpaired) electrons. The zero-order valence-electron chi connectivity index (χ0n) is 13.2. The Morgan fingerprint density at radius 2 is 0.950 bits per heavy atom. The van der Waals surface area contributed by atoms with E-state index in [0.717, 1.165) is 12.8 Å². The molecular formula is C18H32N2. The monoisotopic (exact) mass is 276 g/mol. The molecule has 0 N–H and O–H groups in total. The molecule has 2 aliphatic heterocycles. The maximum Gasteiger partial charge on any atom is 0.00217 e. The van der Waals surface area contributed by atoms with Gasteiger partial charge in [0.1, 0.15) is 0 Å². The van der Waals surface area contributed by atoms with Crippen LogP contribution in [-0.2, 0) is 0 Å². The van der Waals surface area contributed by atoms with Crippen molar-refractivity contribution in [1.82, 2.24) is 9.80 Å². The van der Waals surface area contributed by atoms with Crippen molar-refractivity contribution in [3.63, 3.8) is 0 Å². The average molecular weight is 276 g/mol. The molecule has 0 aromatic carbocycles. The number of rotatable bonds is 7. The minimum atomic E-state index is 1.11. The first-order chi connectivity index (χ1) is 9.75. The molecule has 2 heteroatoms. The van der Waals surface area contributed by atoms with Crippen LogP contribution in [0.5, 0.6) is 0 Å². The summed E-state index contributed by atoms with van der Waals surface area (Å²) in [5, 5.41) is 0. The lowest BCUT2D eigenvalue weighted by molar-refractivity contribution is 0.228. The minimum Gasteiger partial charge on any atom is -0.303 e. The van der Waals surface area contributed by atoms with E-state index in [1.54, 1.807) is 0 Å². The normalized spacial score (nSPS) is 21.8. The van der Waals surface area contributed by atoms with Crippen molar-refractivity contribution in [3.05, 3.63) is 24.3 Å². The third-order valence-corrected chi connectivity index (χ3v) is 4.86. The topological polar surface area (TPSA) is 6.48 Å². The molecule has 0 aromatic heterocycles. The van der Waals surface area contributed by atoms with Crippen LogP contribution in [0.15, 0.2) is 24.3 Å². The molecule has 2 fully saturated rings. The van der Waals surface area contributed by atoms with Crippen molar-refractivity contribution >= 4 is 0 Å². The second kappa shape index (κ2) is 8.63. The van der Waals surface area contributed by atoms with Crippen LogP contribution in [0.4, 0.5) is 0 Å². The van der Waals surface area contributed by atoms with Gasteiger partial charge in [-0.2, -0.15) is 0 Å². The summed E-state index contributed by atoms with van der Waals surface area (Å²) in [5.74, 6) is 0. The van der Waals surface area contributed by atoms with Gasteiger partial charge in [-0.15, -0.1) is 0 Å². The van der Waals surface area contributed by atoms with Gasteiger partial charge in [-0.3, -0.25) is 0 Å². The van der Waals surface area contributed by atoms with Crippen LogP contribution in [0.1, 0.15) is 51.4 Å². The van der Waals surface area contributed by atoms with E-state index in [0.29, 0.717) is 0 Å². The molecule has 0 saturated carbocycles. The van der Waals surface area contributed by atoms with Crippen molar-refractivity contribution in [1.29, 1.82) is 0 Å². The Kier molecular flexibility index (Phi) is 6.81. The second-order valence-corrected chi connectivity index (χ2v) is 6.51. The lowest BCUT2D eigenvalue weighted by Gasteiger charge is -2.28. The summed E-state index contributed by atoms with van der Waals surface area (Å²) >= 11 is 0. The molecule has 2 heterocycles. The SMILES string of the molecule is C=C(CCN1CCCCC1)C(=C)CCN1CCCCC1. The van der Waals surface area contributed by atoms with Crippen molar-refractivity contribution in [2.75, 3.05) is 39.3 Å². The molecule has 0 spiro atoms. The van der Waals surface area contributed by atoms with Gasteiger partial charge in [0.15, 0.2) is 0 Å². The molecule has 2 rings (SSSR count). The first kappa shape index (κ1) is 15.8. The molecule has 2 nitrogen and oxygen atoms in total. The van der Waals surface area contributed by atoms with Gasteiger partial charge in [0.2, 0.25) is 0 Å². The van der Waals surface area contributed by atoms with Gasteiger partial charge in [-0.25, -0.2) is 0 Å². The van der Waals surface area contributed by atoms with Crippen LogP contribution in [0.3, 0.4) is 0 Å². The van der Waals surface area contributed by atoms with E-state index in [4.69, 9.17) is 0 Å². The molecule has 0 aromatic rings. The maximum atomic E-state index is 4.26. The van der Waals surface area contributed by atoms with Crippen molar-refractivity contribution in [2.24, 2.45) is 0 Å². The number of hydrogen-bond acceptors (Lipinski definition) is 2. The Bertz CT molecular complexity index is 277. The summed E-state index contributed by atoms with van der Waals surface area (Å²) in [4.78, 5) is 5.18. The zero-order valence-corrected chi connectivity index (χ0v) is 13.2. The van der Waals surface area contributed by atoms with Gasteiger partial charge < -0.3 is 9.80 Å². The van der Waals surface area contributed by atoms with Crippen LogP contribution in [0.2, 0.25) is 0 Å². The van der Waals surface area contributed by atoms with Gasteiger partial charge >= 0.3 is 0 Å². The molecule has 0 bridgehead atoms. The van der Waals surface area contributed by atoms with Crippen LogP contribution in [0, 0.1) is 0 Å². The predicted molar refractivity (Wildman–Crippen MR) is 88.1 cm³/mol. The van der Waals surface area contributed by atoms with E-state index in [1.807, 2.05) is 0 Å². The summed E-state index contributed by atoms with van der Waals surface area (Å²) in [6.07, 6.45) is 10.6. The Morgan fingerprint density at radius 1 is 0.600 bits per heavy atom. The fourth-order valence-corrected chi connectivity index (χ4v) is 3.31. The van der Waals surface area contributed by atoms with Gasteiger partial charge in [-0.05, 0) is 64.7 Å². The van der Waals surface area contributed by atoms with Crippen molar-refractivity contribution in [3.8, 4) is 0 Å². The van der Waals surface area contributed by atoms with Crippen LogP contribution in [-0.4, -0.2) is 49.1 Å². The minimum absolute atomic E-state index is 1.11. The molecular weight excluding hydrogens is 244 g/mol. The highest BCUT2D eigenvalue weighted by Gasteiger charge is 2.12. The molecule has 114 valence electrons. The van der Waals surface area contributed by atoms with E-state index >= 15 is 0 Å². The van der Waals surface area contributed by atoms with E-state index < -0.39 is 0 Å². The highest BCUT2D eigenvalue weighted by Crippen LogP contribution is 2.18. The number of piperidine rings is 2. The van der Waals surface area contributed by atoms with Crippen LogP contribution >= 0.6 is 0 Å². The molecule has 20 heavy (non-hydrogen) atoms. The number of hydrogen-bond donors (Lipinski definition) is 0. The standard InChI is InChI=1S/C18H32N2/c1-17(9-15-19-11-5-3-6-12-19)18(2)10-16-20-13-7-4-8-14-20/h1-16H2. The second-order valence-electron chi connectivity index (χ2n) is 6.51. The molecule has 0 atom stereocenters. The van der Waals surface area contributed by atoms with Crippen LogP contribution < -0.4 is 0 Å². The van der Waals surface area contributed by atoms with E-state index in [9.17, 15) is 0 Å². The zero-order chi connectivity index (χ0) is 14.2. The lowest BCUT2D eigenvalue weighted by Crippen LogP contribution is -2.31. The van der Waals surface area contributed by atoms with Crippen molar-refractivity contribution < 1.29 is 0 Å². The summed E-state index contributed by atoms with van der Waals surface area (Å²) in [7, 11) is 0. The molecule has 2 aliphatic rings. The maximum absolute atomic E-state index is 4.26. The van der Waals surface area contributed by atoms with Gasteiger partial charge in [-0.1, -0.05) is 37.1 Å². The number of likely N-dealkylation sites (tertiary alicyclic amines) is 2. The predicted octanol–water partition coefficient (Wildman–Crippen LogP) is 3.85. The first-order valence-electron chi connectivity index (χ1n) is 8.56. The fourth-order valence-electron chi connectivity index (χ4n) is 3.31. The summed E-state index contributed by atoms with van der Waals surface area (Å²) in [6, 6.07) is 0. The highest BCUT2D eigenvalue weighted by atomic mass is 15.1. The summed E-state index contributed by atoms with van der Waals surface area (Å²) in [6.45, 7) is 16.0. The van der Waals surface area contributed by atoms with Crippen LogP contribution in [0.25, 0.3) is 0 Å². The van der Waals surface area contributed by atoms with Crippen molar-refractivity contribution in [2.45, 2.75) is 51.4 Å².